The van der Waals surface area contributed by atoms with Gasteiger partial charge in [-0.1, -0.05) is 39.0 Å². The van der Waals surface area contributed by atoms with Crippen LogP contribution in [0.3, 0.4) is 0 Å². The van der Waals surface area contributed by atoms with E-state index in [1.165, 1.54) is 32.1 Å². The van der Waals surface area contributed by atoms with Gasteiger partial charge >= 0.3 is 0 Å². The number of hydrogen-bond donors (Lipinski definition) is 1. The number of Topliss-reactive ketones (excluding diaryl/α,β-unsaturated/α-hetero) is 1. The fourth-order valence-electron chi connectivity index (χ4n) is 2.21. The van der Waals surface area contributed by atoms with E-state index in [1.54, 1.807) is 0 Å². The number of hydrogen-bond acceptors (Lipinski definition) is 2. The maximum absolute atomic E-state index is 11.7. The van der Waals surface area contributed by atoms with Gasteiger partial charge < -0.3 is 5.32 Å². The predicted molar refractivity (Wildman–Crippen MR) is 64.0 cm³/mol. The third-order valence-electron chi connectivity index (χ3n) is 3.29. The molecule has 1 atom stereocenters. The molecule has 15 heavy (non-hydrogen) atoms. The van der Waals surface area contributed by atoms with Crippen molar-refractivity contribution in [3.8, 4) is 0 Å². The van der Waals surface area contributed by atoms with E-state index < -0.39 is 0 Å². The molecular formula is C13H25NO. The van der Waals surface area contributed by atoms with Crippen LogP contribution in [0.5, 0.6) is 0 Å². The van der Waals surface area contributed by atoms with Crippen molar-refractivity contribution in [3.05, 3.63) is 0 Å². The summed E-state index contributed by atoms with van der Waals surface area (Å²) in [6.07, 6.45) is 9.53. The standard InChI is InChI=1S/C13H25NO/c1-2-3-4-5-6-7-8-13(15)12-9-10-14-11-12/h12,14H,2-11H2,1H3. The summed E-state index contributed by atoms with van der Waals surface area (Å²) in [6.45, 7) is 4.19. The molecule has 0 aromatic heterocycles. The highest BCUT2D eigenvalue weighted by molar-refractivity contribution is 5.81. The highest BCUT2D eigenvalue weighted by atomic mass is 16.1. The van der Waals surface area contributed by atoms with Crippen LogP contribution < -0.4 is 5.32 Å². The Morgan fingerprint density at radius 1 is 1.20 bits per heavy atom. The molecule has 0 aromatic carbocycles. The Hall–Kier alpha value is -0.370. The Morgan fingerprint density at radius 2 is 1.93 bits per heavy atom. The number of rotatable bonds is 8. The van der Waals surface area contributed by atoms with Crippen LogP contribution in [0.1, 0.15) is 58.3 Å². The van der Waals surface area contributed by atoms with Crippen molar-refractivity contribution in [2.75, 3.05) is 13.1 Å². The molecule has 0 amide bonds. The minimum absolute atomic E-state index is 0.334. The van der Waals surface area contributed by atoms with Crippen LogP contribution >= 0.6 is 0 Å². The lowest BCUT2D eigenvalue weighted by Gasteiger charge is -2.06. The molecule has 0 spiro atoms. The van der Waals surface area contributed by atoms with E-state index in [1.807, 2.05) is 0 Å². The first-order chi connectivity index (χ1) is 7.34. The van der Waals surface area contributed by atoms with Gasteiger partial charge in [0.25, 0.3) is 0 Å². The SMILES string of the molecule is CCCCCCCCC(=O)C1CCNC1. The third kappa shape index (κ3) is 5.31. The number of nitrogens with one attached hydrogen (secondary N) is 1. The van der Waals surface area contributed by atoms with Crippen LogP contribution in [-0.4, -0.2) is 18.9 Å². The van der Waals surface area contributed by atoms with Crippen molar-refractivity contribution in [3.63, 3.8) is 0 Å². The largest absolute Gasteiger partial charge is 0.316 e. The summed E-state index contributed by atoms with van der Waals surface area (Å²) in [6, 6.07) is 0. The summed E-state index contributed by atoms with van der Waals surface area (Å²) in [5, 5.41) is 3.25. The first-order valence-corrected chi connectivity index (χ1v) is 6.58. The minimum Gasteiger partial charge on any atom is -0.316 e. The average Bonchev–Trinajstić information content (AvgIpc) is 2.76. The fraction of sp³-hybridized carbons (Fsp3) is 0.923. The van der Waals surface area contributed by atoms with Gasteiger partial charge in [-0.25, -0.2) is 0 Å². The fourth-order valence-corrected chi connectivity index (χ4v) is 2.21. The molecule has 0 bridgehead atoms. The molecule has 0 radical (unpaired) electrons. The van der Waals surface area contributed by atoms with Gasteiger partial charge in [0.2, 0.25) is 0 Å². The van der Waals surface area contributed by atoms with Crippen molar-refractivity contribution >= 4 is 5.78 Å². The van der Waals surface area contributed by atoms with Crippen LogP contribution in [0.25, 0.3) is 0 Å². The van der Waals surface area contributed by atoms with Gasteiger partial charge in [-0.15, -0.1) is 0 Å². The van der Waals surface area contributed by atoms with Crippen molar-refractivity contribution < 1.29 is 4.79 Å². The van der Waals surface area contributed by atoms with Crippen molar-refractivity contribution in [1.82, 2.24) is 5.32 Å². The zero-order chi connectivity index (χ0) is 10.9. The van der Waals surface area contributed by atoms with Crippen molar-refractivity contribution in [2.45, 2.75) is 58.3 Å². The smallest absolute Gasteiger partial charge is 0.137 e. The van der Waals surface area contributed by atoms with E-state index in [2.05, 4.69) is 12.2 Å². The van der Waals surface area contributed by atoms with Crippen LogP contribution in [0.4, 0.5) is 0 Å². The molecule has 1 aliphatic rings. The van der Waals surface area contributed by atoms with Gasteiger partial charge in [0.15, 0.2) is 0 Å². The second-order valence-corrected chi connectivity index (χ2v) is 4.67. The summed E-state index contributed by atoms with van der Waals surface area (Å²) >= 11 is 0. The van der Waals surface area contributed by atoms with E-state index in [4.69, 9.17) is 0 Å². The number of carbonyl (C=O) groups is 1. The zero-order valence-corrected chi connectivity index (χ0v) is 10.1. The zero-order valence-electron chi connectivity index (χ0n) is 10.1. The highest BCUT2D eigenvalue weighted by Crippen LogP contribution is 2.14. The van der Waals surface area contributed by atoms with E-state index in [-0.39, 0.29) is 0 Å². The second kappa shape index (κ2) is 7.86. The maximum atomic E-state index is 11.7. The summed E-state index contributed by atoms with van der Waals surface area (Å²) in [4.78, 5) is 11.7. The Balaban J connectivity index is 1.92. The lowest BCUT2D eigenvalue weighted by atomic mass is 9.98. The van der Waals surface area contributed by atoms with E-state index in [0.29, 0.717) is 11.7 Å². The molecule has 88 valence electrons. The second-order valence-electron chi connectivity index (χ2n) is 4.67. The molecule has 0 saturated carbocycles. The quantitative estimate of drug-likeness (QED) is 0.625. The molecule has 1 saturated heterocycles. The highest BCUT2D eigenvalue weighted by Gasteiger charge is 2.21. The van der Waals surface area contributed by atoms with Gasteiger partial charge in [0.05, 0.1) is 0 Å². The topological polar surface area (TPSA) is 29.1 Å². The molecular weight excluding hydrogens is 186 g/mol. The van der Waals surface area contributed by atoms with Gasteiger partial charge in [-0.05, 0) is 19.4 Å². The molecule has 0 aromatic rings. The predicted octanol–water partition coefficient (Wildman–Crippen LogP) is 2.92. The van der Waals surface area contributed by atoms with Crippen LogP contribution in [0, 0.1) is 5.92 Å². The van der Waals surface area contributed by atoms with E-state index in [0.717, 1.165) is 32.4 Å². The monoisotopic (exact) mass is 211 g/mol. The summed E-state index contributed by atoms with van der Waals surface area (Å²) in [5.74, 6) is 0.830. The average molecular weight is 211 g/mol. The van der Waals surface area contributed by atoms with E-state index >= 15 is 0 Å². The molecule has 1 unspecified atom stereocenters. The first kappa shape index (κ1) is 12.7. The summed E-state index contributed by atoms with van der Waals surface area (Å²) < 4.78 is 0. The van der Waals surface area contributed by atoms with Gasteiger partial charge in [-0.3, -0.25) is 4.79 Å². The lowest BCUT2D eigenvalue weighted by molar-refractivity contribution is -0.122. The van der Waals surface area contributed by atoms with Gasteiger partial charge in [-0.2, -0.15) is 0 Å². The van der Waals surface area contributed by atoms with Crippen LogP contribution in [0.15, 0.2) is 0 Å². The van der Waals surface area contributed by atoms with Gasteiger partial charge in [0.1, 0.15) is 5.78 Å². The molecule has 0 aliphatic carbocycles. The van der Waals surface area contributed by atoms with Crippen molar-refractivity contribution in [1.29, 1.82) is 0 Å². The molecule has 1 heterocycles. The third-order valence-corrected chi connectivity index (χ3v) is 3.29. The summed E-state index contributed by atoms with van der Waals surface area (Å²) in [7, 11) is 0. The molecule has 1 rings (SSSR count). The number of ketones is 1. The lowest BCUT2D eigenvalue weighted by Crippen LogP contribution is -2.17. The molecule has 2 heteroatoms. The summed E-state index contributed by atoms with van der Waals surface area (Å²) in [5.41, 5.74) is 0. The Bertz CT molecular complexity index is 173. The Labute approximate surface area is 93.8 Å². The molecule has 1 fully saturated rings. The van der Waals surface area contributed by atoms with Crippen LogP contribution in [0.2, 0.25) is 0 Å². The minimum atomic E-state index is 0.334. The first-order valence-electron chi connectivity index (χ1n) is 6.58. The van der Waals surface area contributed by atoms with E-state index in [9.17, 15) is 4.79 Å². The maximum Gasteiger partial charge on any atom is 0.137 e. The normalized spacial score (nSPS) is 20.7. The van der Waals surface area contributed by atoms with Gasteiger partial charge in [0, 0.05) is 18.9 Å². The molecule has 2 nitrogen and oxygen atoms in total. The number of carbonyl (C=O) groups excluding carboxylic acids is 1. The molecule has 1 N–H and O–H groups in total. The molecule has 1 aliphatic heterocycles. The Kier molecular flexibility index (Phi) is 6.66. The number of unbranched alkanes of at least 4 members (excludes halogenated alkanes) is 5. The van der Waals surface area contributed by atoms with Crippen LogP contribution in [-0.2, 0) is 4.79 Å². The van der Waals surface area contributed by atoms with Crippen molar-refractivity contribution in [2.24, 2.45) is 5.92 Å². The Morgan fingerprint density at radius 3 is 2.60 bits per heavy atom.